The number of ether oxygens (including phenoxy) is 1. The molecule has 7 heteroatoms. The van der Waals surface area contributed by atoms with Crippen molar-refractivity contribution in [2.24, 2.45) is 0 Å². The number of nitrogens with one attached hydrogen (secondary N) is 2. The molecule has 5 nitrogen and oxygen atoms in total. The molecular weight excluding hydrogens is 275 g/mol. The van der Waals surface area contributed by atoms with Crippen LogP contribution < -0.4 is 15.4 Å². The Hall–Kier alpha value is -1.82. The Morgan fingerprint density at radius 2 is 2.11 bits per heavy atom. The summed E-state index contributed by atoms with van der Waals surface area (Å²) in [5.74, 6) is -0.945. The fraction of sp³-hybridized carbons (Fsp3) is 0.333. The number of benzene rings is 1. The summed E-state index contributed by atoms with van der Waals surface area (Å²) in [5.41, 5.74) is 0. The molecule has 2 N–H and O–H groups in total. The van der Waals surface area contributed by atoms with Gasteiger partial charge in [0.1, 0.15) is 11.6 Å². The fourth-order valence-corrected chi connectivity index (χ4v) is 1.35. The maximum atomic E-state index is 12.9. The summed E-state index contributed by atoms with van der Waals surface area (Å²) >= 11 is 5.55. The van der Waals surface area contributed by atoms with E-state index >= 15 is 0 Å². The number of carbonyl (C=O) groups is 2. The van der Waals surface area contributed by atoms with Crippen LogP contribution in [-0.4, -0.2) is 24.6 Å². The van der Waals surface area contributed by atoms with Gasteiger partial charge in [-0.25, -0.2) is 9.18 Å². The van der Waals surface area contributed by atoms with Crippen LogP contribution in [0.5, 0.6) is 5.75 Å². The molecular formula is C12H14ClFN2O3. The van der Waals surface area contributed by atoms with Gasteiger partial charge in [0.05, 0.1) is 5.02 Å². The van der Waals surface area contributed by atoms with E-state index in [1.165, 1.54) is 12.1 Å². The summed E-state index contributed by atoms with van der Waals surface area (Å²) in [6.45, 7) is 3.16. The molecule has 0 aromatic heterocycles. The van der Waals surface area contributed by atoms with Crippen molar-refractivity contribution in [3.05, 3.63) is 29.0 Å². The number of amides is 3. The van der Waals surface area contributed by atoms with Crippen molar-refractivity contribution in [3.8, 4) is 5.75 Å². The van der Waals surface area contributed by atoms with Crippen LogP contribution >= 0.6 is 11.6 Å². The predicted molar refractivity (Wildman–Crippen MR) is 68.7 cm³/mol. The first-order valence-corrected chi connectivity index (χ1v) is 5.94. The van der Waals surface area contributed by atoms with Gasteiger partial charge >= 0.3 is 6.03 Å². The topological polar surface area (TPSA) is 67.4 Å². The fourth-order valence-electron chi connectivity index (χ4n) is 1.18. The number of carbonyl (C=O) groups excluding carboxylic acids is 2. The highest BCUT2D eigenvalue weighted by molar-refractivity contribution is 6.30. The number of halogens is 2. The van der Waals surface area contributed by atoms with E-state index in [2.05, 4.69) is 10.6 Å². The predicted octanol–water partition coefficient (Wildman–Crippen LogP) is 2.09. The van der Waals surface area contributed by atoms with Crippen molar-refractivity contribution in [3.63, 3.8) is 0 Å². The summed E-state index contributed by atoms with van der Waals surface area (Å²) in [6.07, 6.45) is 0. The maximum absolute atomic E-state index is 12.9. The Balaban J connectivity index is 2.41. The highest BCUT2D eigenvalue weighted by Gasteiger charge is 2.09. The Morgan fingerprint density at radius 1 is 1.42 bits per heavy atom. The van der Waals surface area contributed by atoms with Gasteiger partial charge in [0.15, 0.2) is 6.61 Å². The Bertz CT molecular complexity index is 480. The summed E-state index contributed by atoms with van der Waals surface area (Å²) in [6, 6.07) is 3.03. The van der Waals surface area contributed by atoms with Gasteiger partial charge < -0.3 is 10.1 Å². The van der Waals surface area contributed by atoms with E-state index in [1.54, 1.807) is 13.8 Å². The van der Waals surface area contributed by atoms with Gasteiger partial charge in [0, 0.05) is 12.1 Å². The molecule has 0 atom stereocenters. The minimum atomic E-state index is -0.612. The van der Waals surface area contributed by atoms with E-state index in [4.69, 9.17) is 16.3 Å². The molecule has 0 spiro atoms. The molecule has 0 saturated heterocycles. The summed E-state index contributed by atoms with van der Waals surface area (Å²) in [4.78, 5) is 22.6. The van der Waals surface area contributed by atoms with Crippen molar-refractivity contribution < 1.29 is 18.7 Å². The monoisotopic (exact) mass is 288 g/mol. The minimum absolute atomic E-state index is 0.0791. The lowest BCUT2D eigenvalue weighted by atomic mass is 10.3. The molecule has 0 aliphatic carbocycles. The lowest BCUT2D eigenvalue weighted by molar-refractivity contribution is -0.122. The molecule has 0 saturated carbocycles. The molecule has 0 aliphatic rings. The molecule has 0 radical (unpaired) electrons. The van der Waals surface area contributed by atoms with Gasteiger partial charge in [-0.3, -0.25) is 10.1 Å². The second kappa shape index (κ2) is 6.94. The molecule has 104 valence electrons. The smallest absolute Gasteiger partial charge is 0.321 e. The SMILES string of the molecule is CC(C)NC(=O)NC(=O)COc1ccc(F)c(Cl)c1. The van der Waals surface area contributed by atoms with Crippen molar-refractivity contribution in [1.82, 2.24) is 10.6 Å². The van der Waals surface area contributed by atoms with Crippen LogP contribution in [0.15, 0.2) is 18.2 Å². The van der Waals surface area contributed by atoms with Crippen LogP contribution in [0.1, 0.15) is 13.8 Å². The van der Waals surface area contributed by atoms with E-state index in [0.717, 1.165) is 6.07 Å². The van der Waals surface area contributed by atoms with Crippen LogP contribution in [0.2, 0.25) is 5.02 Å². The van der Waals surface area contributed by atoms with E-state index in [0.29, 0.717) is 0 Å². The third-order valence-electron chi connectivity index (χ3n) is 1.93. The molecule has 0 bridgehead atoms. The Morgan fingerprint density at radius 3 is 2.68 bits per heavy atom. The van der Waals surface area contributed by atoms with E-state index in [9.17, 15) is 14.0 Å². The highest BCUT2D eigenvalue weighted by atomic mass is 35.5. The zero-order valence-corrected chi connectivity index (χ0v) is 11.3. The van der Waals surface area contributed by atoms with Gasteiger partial charge in [-0.15, -0.1) is 0 Å². The Kier molecular flexibility index (Phi) is 5.57. The zero-order chi connectivity index (χ0) is 14.4. The molecule has 0 unspecified atom stereocenters. The molecule has 3 amide bonds. The number of imide groups is 1. The highest BCUT2D eigenvalue weighted by Crippen LogP contribution is 2.20. The number of rotatable bonds is 4. The standard InChI is InChI=1S/C12H14ClFN2O3/c1-7(2)15-12(18)16-11(17)6-19-8-3-4-10(14)9(13)5-8/h3-5,7H,6H2,1-2H3,(H2,15,16,17,18). The van der Waals surface area contributed by atoms with Gasteiger partial charge in [-0.05, 0) is 26.0 Å². The molecule has 0 heterocycles. The normalized spacial score (nSPS) is 10.2. The van der Waals surface area contributed by atoms with Crippen molar-refractivity contribution in [2.45, 2.75) is 19.9 Å². The first kappa shape index (κ1) is 15.2. The molecule has 1 rings (SSSR count). The number of hydrogen-bond donors (Lipinski definition) is 2. The van der Waals surface area contributed by atoms with Crippen LogP contribution in [0, 0.1) is 5.82 Å². The number of urea groups is 1. The quantitative estimate of drug-likeness (QED) is 0.891. The molecule has 1 aromatic rings. The largest absolute Gasteiger partial charge is 0.484 e. The Labute approximate surface area is 115 Å². The van der Waals surface area contributed by atoms with Crippen LogP contribution in [-0.2, 0) is 4.79 Å². The van der Waals surface area contributed by atoms with Crippen LogP contribution in [0.4, 0.5) is 9.18 Å². The van der Waals surface area contributed by atoms with E-state index in [-0.39, 0.29) is 23.4 Å². The molecule has 0 fully saturated rings. The van der Waals surface area contributed by atoms with E-state index in [1.807, 2.05) is 0 Å². The van der Waals surface area contributed by atoms with Crippen molar-refractivity contribution >= 4 is 23.5 Å². The average molecular weight is 289 g/mol. The summed E-state index contributed by atoms with van der Waals surface area (Å²) in [5, 5.41) is 4.48. The van der Waals surface area contributed by atoms with Crippen molar-refractivity contribution in [2.75, 3.05) is 6.61 Å². The lowest BCUT2D eigenvalue weighted by Crippen LogP contribution is -2.44. The lowest BCUT2D eigenvalue weighted by Gasteiger charge is -2.10. The first-order chi connectivity index (χ1) is 8.88. The van der Waals surface area contributed by atoms with E-state index < -0.39 is 17.8 Å². The van der Waals surface area contributed by atoms with Gasteiger partial charge in [0.25, 0.3) is 5.91 Å². The minimum Gasteiger partial charge on any atom is -0.484 e. The van der Waals surface area contributed by atoms with Gasteiger partial charge in [-0.1, -0.05) is 11.6 Å². The van der Waals surface area contributed by atoms with Crippen LogP contribution in [0.3, 0.4) is 0 Å². The summed E-state index contributed by atoms with van der Waals surface area (Å²) in [7, 11) is 0. The number of hydrogen-bond acceptors (Lipinski definition) is 3. The molecule has 0 aliphatic heterocycles. The van der Waals surface area contributed by atoms with Crippen molar-refractivity contribution in [1.29, 1.82) is 0 Å². The second-order valence-electron chi connectivity index (χ2n) is 4.04. The third kappa shape index (κ3) is 5.56. The zero-order valence-electron chi connectivity index (χ0n) is 10.5. The molecule has 1 aromatic carbocycles. The third-order valence-corrected chi connectivity index (χ3v) is 2.22. The second-order valence-corrected chi connectivity index (χ2v) is 4.45. The van der Waals surface area contributed by atoms with Gasteiger partial charge in [-0.2, -0.15) is 0 Å². The summed E-state index contributed by atoms with van der Waals surface area (Å²) < 4.78 is 17.9. The average Bonchev–Trinajstić information content (AvgIpc) is 2.29. The molecule has 19 heavy (non-hydrogen) atoms. The van der Waals surface area contributed by atoms with Gasteiger partial charge in [0.2, 0.25) is 0 Å². The van der Waals surface area contributed by atoms with Crippen LogP contribution in [0.25, 0.3) is 0 Å². The first-order valence-electron chi connectivity index (χ1n) is 5.56. The maximum Gasteiger partial charge on any atom is 0.321 e.